The smallest absolute Gasteiger partial charge is 0.263 e. The van der Waals surface area contributed by atoms with Crippen molar-refractivity contribution in [3.63, 3.8) is 0 Å². The van der Waals surface area contributed by atoms with Crippen LogP contribution in [0.25, 0.3) is 0 Å². The van der Waals surface area contributed by atoms with E-state index in [4.69, 9.17) is 0 Å². The van der Waals surface area contributed by atoms with E-state index in [1.54, 1.807) is 11.3 Å². The first kappa shape index (κ1) is 21.9. The van der Waals surface area contributed by atoms with Crippen LogP contribution in [0.2, 0.25) is 0 Å². The zero-order valence-electron chi connectivity index (χ0n) is 18.0. The zero-order chi connectivity index (χ0) is 20.6. The van der Waals surface area contributed by atoms with Gasteiger partial charge in [-0.2, -0.15) is 0 Å². The Morgan fingerprint density at radius 1 is 1.14 bits per heavy atom. The highest BCUT2D eigenvalue weighted by molar-refractivity contribution is 7.13. The molecular weight excluding hydrogens is 380 g/mol. The van der Waals surface area contributed by atoms with Gasteiger partial charge in [0.2, 0.25) is 0 Å². The molecule has 1 amide bonds. The molecule has 1 saturated heterocycles. The first-order valence-electron chi connectivity index (χ1n) is 10.7. The average Bonchev–Trinajstić information content (AvgIpc) is 3.06. The number of rotatable bonds is 9. The fraction of sp³-hybridized carbons (Fsp3) is 0.565. The Morgan fingerprint density at radius 3 is 2.52 bits per heavy atom. The lowest BCUT2D eigenvalue weighted by Gasteiger charge is -2.34. The van der Waals surface area contributed by atoms with Crippen molar-refractivity contribution in [3.8, 4) is 0 Å². The Balaban J connectivity index is 1.33. The van der Waals surface area contributed by atoms with Gasteiger partial charge in [-0.3, -0.25) is 9.69 Å². The Labute approximate surface area is 179 Å². The third-order valence-corrected chi connectivity index (χ3v) is 6.46. The Hall–Kier alpha value is -1.76. The summed E-state index contributed by atoms with van der Waals surface area (Å²) in [6, 6.07) is 10.7. The molecule has 0 radical (unpaired) electrons. The van der Waals surface area contributed by atoms with Crippen molar-refractivity contribution in [2.45, 2.75) is 40.2 Å². The number of aromatic nitrogens is 1. The molecule has 6 heteroatoms. The fourth-order valence-electron chi connectivity index (χ4n) is 3.70. The summed E-state index contributed by atoms with van der Waals surface area (Å²) in [5, 5.41) is 4.15. The summed E-state index contributed by atoms with van der Waals surface area (Å²) in [7, 11) is 0. The van der Waals surface area contributed by atoms with Crippen molar-refractivity contribution in [1.82, 2.24) is 20.1 Å². The second-order valence-electron chi connectivity index (χ2n) is 8.33. The summed E-state index contributed by atoms with van der Waals surface area (Å²) in [5.41, 5.74) is 2.25. The quantitative estimate of drug-likeness (QED) is 0.637. The van der Waals surface area contributed by atoms with Gasteiger partial charge in [0.15, 0.2) is 0 Å². The topological polar surface area (TPSA) is 48.5 Å². The second-order valence-corrected chi connectivity index (χ2v) is 9.42. The first-order valence-corrected chi connectivity index (χ1v) is 11.6. The number of nitrogens with zero attached hydrogens (tertiary/aromatic N) is 3. The number of piperazine rings is 1. The van der Waals surface area contributed by atoms with Crippen LogP contribution in [0, 0.1) is 12.8 Å². The molecule has 1 aromatic heterocycles. The van der Waals surface area contributed by atoms with E-state index < -0.39 is 0 Å². The Kier molecular flexibility index (Phi) is 8.21. The highest BCUT2D eigenvalue weighted by Gasteiger charge is 2.18. The van der Waals surface area contributed by atoms with E-state index in [2.05, 4.69) is 64.3 Å². The molecular formula is C23H34N4OS. The third-order valence-electron chi connectivity index (χ3n) is 5.28. The number of aryl methyl sites for hydroxylation is 1. The van der Waals surface area contributed by atoms with Crippen molar-refractivity contribution in [2.24, 2.45) is 5.92 Å². The third kappa shape index (κ3) is 6.91. The maximum absolute atomic E-state index is 12.5. The molecule has 29 heavy (non-hydrogen) atoms. The van der Waals surface area contributed by atoms with E-state index in [-0.39, 0.29) is 5.91 Å². The van der Waals surface area contributed by atoms with Crippen molar-refractivity contribution in [3.05, 3.63) is 51.5 Å². The number of thiazole rings is 1. The number of amides is 1. The summed E-state index contributed by atoms with van der Waals surface area (Å²) in [4.78, 5) is 22.8. The molecule has 0 atom stereocenters. The van der Waals surface area contributed by atoms with Gasteiger partial charge >= 0.3 is 0 Å². The first-order chi connectivity index (χ1) is 14.0. The van der Waals surface area contributed by atoms with Crippen LogP contribution in [0.3, 0.4) is 0 Å². The SMILES string of the molecule is Cc1nc(CC(C)C)sc1C(=O)NCCCN1CCN(Cc2ccccc2)CC1. The molecule has 1 N–H and O–H groups in total. The Bertz CT molecular complexity index is 766. The van der Waals surface area contributed by atoms with Crippen molar-refractivity contribution < 1.29 is 4.79 Å². The van der Waals surface area contributed by atoms with E-state index in [9.17, 15) is 4.79 Å². The van der Waals surface area contributed by atoms with E-state index in [0.29, 0.717) is 5.92 Å². The molecule has 3 rings (SSSR count). The van der Waals surface area contributed by atoms with Gasteiger partial charge in [-0.1, -0.05) is 44.2 Å². The van der Waals surface area contributed by atoms with Gasteiger partial charge in [-0.05, 0) is 31.4 Å². The largest absolute Gasteiger partial charge is 0.351 e. The van der Waals surface area contributed by atoms with E-state index in [1.165, 1.54) is 5.56 Å². The molecule has 0 bridgehead atoms. The summed E-state index contributed by atoms with van der Waals surface area (Å²) < 4.78 is 0. The van der Waals surface area contributed by atoms with Gasteiger partial charge in [-0.25, -0.2) is 4.98 Å². The molecule has 1 aromatic carbocycles. The fourth-order valence-corrected chi connectivity index (χ4v) is 4.89. The molecule has 5 nitrogen and oxygen atoms in total. The molecule has 158 valence electrons. The lowest BCUT2D eigenvalue weighted by Crippen LogP contribution is -2.46. The predicted molar refractivity (Wildman–Crippen MR) is 121 cm³/mol. The summed E-state index contributed by atoms with van der Waals surface area (Å²) in [6.45, 7) is 13.5. The van der Waals surface area contributed by atoms with Gasteiger partial charge in [-0.15, -0.1) is 11.3 Å². The minimum Gasteiger partial charge on any atom is -0.351 e. The summed E-state index contributed by atoms with van der Waals surface area (Å²) in [6.07, 6.45) is 1.93. The maximum atomic E-state index is 12.5. The van der Waals surface area contributed by atoms with Crippen molar-refractivity contribution in [1.29, 1.82) is 0 Å². The standard InChI is InChI=1S/C23H34N4OS/c1-18(2)16-21-25-19(3)22(29-21)23(28)24-10-7-11-26-12-14-27(15-13-26)17-20-8-5-4-6-9-20/h4-6,8-9,18H,7,10-17H2,1-3H3,(H,24,28). The number of carbonyl (C=O) groups excluding carboxylic acids is 1. The number of benzene rings is 1. The van der Waals surface area contributed by atoms with E-state index in [1.807, 2.05) is 6.92 Å². The van der Waals surface area contributed by atoms with E-state index in [0.717, 1.165) is 74.2 Å². The number of hydrogen-bond donors (Lipinski definition) is 1. The van der Waals surface area contributed by atoms with Crippen LogP contribution in [0.5, 0.6) is 0 Å². The number of hydrogen-bond acceptors (Lipinski definition) is 5. The van der Waals surface area contributed by atoms with Crippen LogP contribution in [0.15, 0.2) is 30.3 Å². The highest BCUT2D eigenvalue weighted by atomic mass is 32.1. The van der Waals surface area contributed by atoms with Gasteiger partial charge in [0.1, 0.15) is 4.88 Å². The molecule has 1 aliphatic heterocycles. The summed E-state index contributed by atoms with van der Waals surface area (Å²) in [5.74, 6) is 0.590. The summed E-state index contributed by atoms with van der Waals surface area (Å²) >= 11 is 1.54. The van der Waals surface area contributed by atoms with Crippen LogP contribution in [0.4, 0.5) is 0 Å². The van der Waals surface area contributed by atoms with Crippen LogP contribution >= 0.6 is 11.3 Å². The van der Waals surface area contributed by atoms with Crippen molar-refractivity contribution >= 4 is 17.2 Å². The molecule has 1 aliphatic rings. The lowest BCUT2D eigenvalue weighted by atomic mass is 10.1. The van der Waals surface area contributed by atoms with Crippen molar-refractivity contribution in [2.75, 3.05) is 39.3 Å². The van der Waals surface area contributed by atoms with E-state index >= 15 is 0 Å². The molecule has 0 aliphatic carbocycles. The van der Waals surface area contributed by atoms with Gasteiger partial charge in [0, 0.05) is 45.7 Å². The zero-order valence-corrected chi connectivity index (χ0v) is 18.8. The predicted octanol–water partition coefficient (Wildman–Crippen LogP) is 3.59. The molecule has 0 spiro atoms. The van der Waals surface area contributed by atoms with Gasteiger partial charge in [0.05, 0.1) is 10.7 Å². The monoisotopic (exact) mass is 414 g/mol. The van der Waals surface area contributed by atoms with Crippen LogP contribution in [-0.2, 0) is 13.0 Å². The average molecular weight is 415 g/mol. The van der Waals surface area contributed by atoms with Gasteiger partial charge in [0.25, 0.3) is 5.91 Å². The molecule has 1 fully saturated rings. The number of carbonyl (C=O) groups is 1. The minimum absolute atomic E-state index is 0.0303. The van der Waals surface area contributed by atoms with Crippen LogP contribution < -0.4 is 5.32 Å². The molecule has 2 heterocycles. The molecule has 0 unspecified atom stereocenters. The Morgan fingerprint density at radius 2 is 1.83 bits per heavy atom. The molecule has 2 aromatic rings. The maximum Gasteiger partial charge on any atom is 0.263 e. The number of nitrogens with one attached hydrogen (secondary N) is 1. The highest BCUT2D eigenvalue weighted by Crippen LogP contribution is 2.20. The second kappa shape index (κ2) is 10.9. The lowest BCUT2D eigenvalue weighted by molar-refractivity contribution is 0.0950. The minimum atomic E-state index is 0.0303. The molecule has 0 saturated carbocycles. The normalized spacial score (nSPS) is 15.7. The van der Waals surface area contributed by atoms with Crippen LogP contribution in [-0.4, -0.2) is 60.0 Å². The van der Waals surface area contributed by atoms with Crippen LogP contribution in [0.1, 0.15) is 46.2 Å². The van der Waals surface area contributed by atoms with Gasteiger partial charge < -0.3 is 10.2 Å².